The summed E-state index contributed by atoms with van der Waals surface area (Å²) in [6.07, 6.45) is 3.25. The van der Waals surface area contributed by atoms with Gasteiger partial charge in [0.15, 0.2) is 5.75 Å². The van der Waals surface area contributed by atoms with E-state index in [9.17, 15) is 23.5 Å². The van der Waals surface area contributed by atoms with E-state index in [1.54, 1.807) is 0 Å². The molecule has 8 heteroatoms. The van der Waals surface area contributed by atoms with Crippen LogP contribution in [0.5, 0.6) is 5.75 Å². The molecule has 0 radical (unpaired) electrons. The van der Waals surface area contributed by atoms with Crippen molar-refractivity contribution in [1.82, 2.24) is 4.90 Å². The number of benzene rings is 1. The van der Waals surface area contributed by atoms with Crippen LogP contribution in [0.25, 0.3) is 0 Å². The molecule has 26 heavy (non-hydrogen) atoms. The number of rotatable bonds is 4. The van der Waals surface area contributed by atoms with Crippen molar-refractivity contribution >= 4 is 11.6 Å². The Morgan fingerprint density at radius 1 is 1.23 bits per heavy atom. The van der Waals surface area contributed by atoms with Gasteiger partial charge in [-0.2, -0.15) is 0 Å². The normalized spacial score (nSPS) is 17.8. The molecule has 1 fully saturated rings. The van der Waals surface area contributed by atoms with Crippen molar-refractivity contribution in [2.45, 2.75) is 31.8 Å². The van der Waals surface area contributed by atoms with Gasteiger partial charge in [-0.15, -0.1) is 0 Å². The van der Waals surface area contributed by atoms with E-state index in [0.29, 0.717) is 18.7 Å². The molecule has 1 aromatic heterocycles. The molecule has 1 aliphatic rings. The van der Waals surface area contributed by atoms with E-state index < -0.39 is 28.9 Å². The zero-order chi connectivity index (χ0) is 18.7. The Balaban J connectivity index is 1.74. The van der Waals surface area contributed by atoms with Crippen molar-refractivity contribution in [3.05, 3.63) is 58.1 Å². The van der Waals surface area contributed by atoms with Gasteiger partial charge in [0.05, 0.1) is 12.6 Å². The first-order chi connectivity index (χ1) is 12.4. The van der Waals surface area contributed by atoms with Gasteiger partial charge in [0.25, 0.3) is 0 Å². The number of aromatic hydroxyl groups is 1. The van der Waals surface area contributed by atoms with Crippen LogP contribution in [0, 0.1) is 11.6 Å². The van der Waals surface area contributed by atoms with Gasteiger partial charge in [-0.1, -0.05) is 6.42 Å². The molecule has 2 heterocycles. The van der Waals surface area contributed by atoms with Crippen LogP contribution in [0.2, 0.25) is 0 Å². The second-order valence-corrected chi connectivity index (χ2v) is 6.23. The van der Waals surface area contributed by atoms with Gasteiger partial charge in [0.1, 0.15) is 23.7 Å². The van der Waals surface area contributed by atoms with Crippen LogP contribution in [-0.4, -0.2) is 28.5 Å². The van der Waals surface area contributed by atoms with E-state index in [2.05, 4.69) is 5.32 Å². The maximum atomic E-state index is 13.3. The van der Waals surface area contributed by atoms with E-state index in [1.165, 1.54) is 6.07 Å². The number of amides is 1. The molecule has 0 spiro atoms. The first kappa shape index (κ1) is 18.1. The Labute approximate surface area is 148 Å². The molecule has 2 N–H and O–H groups in total. The van der Waals surface area contributed by atoms with E-state index in [0.717, 1.165) is 37.3 Å². The van der Waals surface area contributed by atoms with E-state index in [1.807, 2.05) is 4.90 Å². The van der Waals surface area contributed by atoms with E-state index in [-0.39, 0.29) is 18.1 Å². The quantitative estimate of drug-likeness (QED) is 0.871. The Morgan fingerprint density at radius 3 is 2.65 bits per heavy atom. The molecule has 138 valence electrons. The number of halogens is 2. The number of nitrogens with one attached hydrogen (secondary N) is 1. The lowest BCUT2D eigenvalue weighted by Crippen LogP contribution is -2.46. The van der Waals surface area contributed by atoms with Crippen LogP contribution in [0.15, 0.2) is 39.7 Å². The molecule has 0 aliphatic carbocycles. The van der Waals surface area contributed by atoms with Crippen LogP contribution in [-0.2, 0) is 11.3 Å². The maximum Gasteiger partial charge on any atom is 0.241 e. The highest BCUT2D eigenvalue weighted by Gasteiger charge is 2.29. The molecule has 6 nitrogen and oxygen atoms in total. The summed E-state index contributed by atoms with van der Waals surface area (Å²) in [7, 11) is 0. The van der Waals surface area contributed by atoms with Crippen LogP contribution >= 0.6 is 0 Å². The Morgan fingerprint density at radius 2 is 1.96 bits per heavy atom. The molecule has 3 rings (SSSR count). The van der Waals surface area contributed by atoms with Gasteiger partial charge in [-0.25, -0.2) is 8.78 Å². The number of hydrogen-bond donors (Lipinski definition) is 2. The number of likely N-dealkylation sites (tertiary alicyclic amines) is 1. The molecule has 1 amide bonds. The SMILES string of the molecule is O=C(Nc1cc(F)cc(F)c1)[C@H]1CCCCN1Cc1cc(=O)c(O)co1. The Hall–Kier alpha value is -2.74. The third-order valence-electron chi connectivity index (χ3n) is 4.27. The minimum Gasteiger partial charge on any atom is -0.502 e. The summed E-state index contributed by atoms with van der Waals surface area (Å²) in [6, 6.07) is 3.49. The van der Waals surface area contributed by atoms with Crippen molar-refractivity contribution in [2.24, 2.45) is 0 Å². The predicted molar refractivity (Wildman–Crippen MR) is 89.7 cm³/mol. The summed E-state index contributed by atoms with van der Waals surface area (Å²) in [5, 5.41) is 11.8. The van der Waals surface area contributed by atoms with Gasteiger partial charge in [0.2, 0.25) is 11.3 Å². The number of hydrogen-bond acceptors (Lipinski definition) is 5. The van der Waals surface area contributed by atoms with Crippen LogP contribution in [0.3, 0.4) is 0 Å². The summed E-state index contributed by atoms with van der Waals surface area (Å²) in [5.41, 5.74) is -0.506. The predicted octanol–water partition coefficient (Wildman–Crippen LogP) is 2.62. The number of piperidine rings is 1. The van der Waals surface area contributed by atoms with Crippen molar-refractivity contribution in [1.29, 1.82) is 0 Å². The van der Waals surface area contributed by atoms with Gasteiger partial charge in [0, 0.05) is 17.8 Å². The van der Waals surface area contributed by atoms with Crippen LogP contribution < -0.4 is 10.7 Å². The number of nitrogens with zero attached hydrogens (tertiary/aromatic N) is 1. The van der Waals surface area contributed by atoms with Crippen LogP contribution in [0.1, 0.15) is 25.0 Å². The van der Waals surface area contributed by atoms with Crippen molar-refractivity contribution < 1.29 is 23.1 Å². The Bertz CT molecular complexity index is 848. The average molecular weight is 364 g/mol. The average Bonchev–Trinajstić information content (AvgIpc) is 2.57. The van der Waals surface area contributed by atoms with Crippen molar-refractivity contribution in [2.75, 3.05) is 11.9 Å². The molecule has 0 unspecified atom stereocenters. The standard InChI is InChI=1S/C18H18F2N2O4/c19-11-5-12(20)7-13(6-11)21-18(25)15-3-1-2-4-22(15)9-14-8-16(23)17(24)10-26-14/h5-8,10,15,24H,1-4,9H2,(H,21,25)/t15-/m1/s1. The highest BCUT2D eigenvalue weighted by molar-refractivity contribution is 5.94. The zero-order valence-corrected chi connectivity index (χ0v) is 13.9. The second-order valence-electron chi connectivity index (χ2n) is 6.23. The first-order valence-electron chi connectivity index (χ1n) is 8.24. The fourth-order valence-corrected chi connectivity index (χ4v) is 3.06. The van der Waals surface area contributed by atoms with E-state index >= 15 is 0 Å². The second kappa shape index (κ2) is 7.65. The minimum absolute atomic E-state index is 0.0502. The molecule has 1 atom stereocenters. The Kier molecular flexibility index (Phi) is 5.32. The summed E-state index contributed by atoms with van der Waals surface area (Å²) in [5.74, 6) is -2.08. The summed E-state index contributed by atoms with van der Waals surface area (Å²) < 4.78 is 31.8. The lowest BCUT2D eigenvalue weighted by Gasteiger charge is -2.34. The third kappa shape index (κ3) is 4.26. The molecule has 0 saturated carbocycles. The molecule has 1 saturated heterocycles. The lowest BCUT2D eigenvalue weighted by molar-refractivity contribution is -0.122. The molecular formula is C18H18F2N2O4. The first-order valence-corrected chi connectivity index (χ1v) is 8.24. The van der Waals surface area contributed by atoms with Gasteiger partial charge in [-0.3, -0.25) is 14.5 Å². The fraction of sp³-hybridized carbons (Fsp3) is 0.333. The number of carbonyl (C=O) groups is 1. The third-order valence-corrected chi connectivity index (χ3v) is 4.27. The van der Waals surface area contributed by atoms with Gasteiger partial charge in [-0.05, 0) is 31.5 Å². The van der Waals surface area contributed by atoms with Crippen LogP contribution in [0.4, 0.5) is 14.5 Å². The molecular weight excluding hydrogens is 346 g/mol. The fourth-order valence-electron chi connectivity index (χ4n) is 3.06. The molecule has 0 bridgehead atoms. The smallest absolute Gasteiger partial charge is 0.241 e. The number of carbonyl (C=O) groups excluding carboxylic acids is 1. The zero-order valence-electron chi connectivity index (χ0n) is 13.9. The molecule has 1 aliphatic heterocycles. The highest BCUT2D eigenvalue weighted by Crippen LogP contribution is 2.22. The maximum absolute atomic E-state index is 13.3. The minimum atomic E-state index is -0.772. The highest BCUT2D eigenvalue weighted by atomic mass is 19.1. The summed E-state index contributed by atoms with van der Waals surface area (Å²) in [4.78, 5) is 25.9. The largest absolute Gasteiger partial charge is 0.502 e. The monoisotopic (exact) mass is 364 g/mol. The van der Waals surface area contributed by atoms with E-state index in [4.69, 9.17) is 4.42 Å². The topological polar surface area (TPSA) is 82.8 Å². The summed E-state index contributed by atoms with van der Waals surface area (Å²) in [6.45, 7) is 0.825. The van der Waals surface area contributed by atoms with Gasteiger partial charge < -0.3 is 14.8 Å². The summed E-state index contributed by atoms with van der Waals surface area (Å²) >= 11 is 0. The van der Waals surface area contributed by atoms with Gasteiger partial charge >= 0.3 is 0 Å². The molecule has 2 aromatic rings. The van der Waals surface area contributed by atoms with Crippen molar-refractivity contribution in [3.63, 3.8) is 0 Å². The number of anilines is 1. The lowest BCUT2D eigenvalue weighted by atomic mass is 10.0. The molecule has 1 aromatic carbocycles. The van der Waals surface area contributed by atoms with Crippen molar-refractivity contribution in [3.8, 4) is 5.75 Å².